The van der Waals surface area contributed by atoms with Crippen molar-refractivity contribution in [1.29, 1.82) is 0 Å². The van der Waals surface area contributed by atoms with Crippen LogP contribution in [0.2, 0.25) is 0 Å². The van der Waals surface area contributed by atoms with Gasteiger partial charge in [0.15, 0.2) is 0 Å². The third-order valence-corrected chi connectivity index (χ3v) is 5.99. The van der Waals surface area contributed by atoms with Crippen molar-refractivity contribution in [3.63, 3.8) is 0 Å². The Bertz CT molecular complexity index is 660. The van der Waals surface area contributed by atoms with Crippen LogP contribution < -0.4 is 10.2 Å². The molecular weight excluding hydrogens is 414 g/mol. The number of aliphatic hydroxyl groups excluding tert-OH is 1. The Morgan fingerprint density at radius 2 is 2.07 bits per heavy atom. The summed E-state index contributed by atoms with van der Waals surface area (Å²) in [6.45, 7) is 1.12. The van der Waals surface area contributed by atoms with Crippen molar-refractivity contribution < 1.29 is 19.4 Å². The number of piperidine rings is 1. The molecule has 4 atom stereocenters. The highest BCUT2D eigenvalue weighted by molar-refractivity contribution is 9.10. The second-order valence-corrected chi connectivity index (χ2v) is 8.17. The topological polar surface area (TPSA) is 83.9 Å². The van der Waals surface area contributed by atoms with E-state index >= 15 is 0 Å². The average Bonchev–Trinajstić information content (AvgIpc) is 2.69. The summed E-state index contributed by atoms with van der Waals surface area (Å²) in [4.78, 5) is 18.5. The van der Waals surface area contributed by atoms with Crippen LogP contribution in [0.4, 0.5) is 5.82 Å². The predicted molar refractivity (Wildman–Crippen MR) is 106 cm³/mol. The van der Waals surface area contributed by atoms with Gasteiger partial charge in [-0.25, -0.2) is 9.78 Å². The van der Waals surface area contributed by atoms with E-state index in [0.717, 1.165) is 19.3 Å². The number of hydrogen-bond donors (Lipinski definition) is 2. The number of esters is 1. The van der Waals surface area contributed by atoms with Gasteiger partial charge in [-0.15, -0.1) is 0 Å². The number of rotatable bonds is 5. The minimum absolute atomic E-state index is 0.0130. The van der Waals surface area contributed by atoms with Gasteiger partial charge in [0.1, 0.15) is 11.4 Å². The van der Waals surface area contributed by atoms with Crippen molar-refractivity contribution in [2.24, 2.45) is 0 Å². The van der Waals surface area contributed by atoms with Crippen LogP contribution in [0.5, 0.6) is 0 Å². The Morgan fingerprint density at radius 3 is 2.78 bits per heavy atom. The molecule has 1 saturated carbocycles. The van der Waals surface area contributed by atoms with Crippen molar-refractivity contribution >= 4 is 27.7 Å². The molecule has 0 radical (unpaired) electrons. The Hall–Kier alpha value is -1.22. The van der Waals surface area contributed by atoms with E-state index in [-0.39, 0.29) is 18.2 Å². The molecule has 7 nitrogen and oxygen atoms in total. The summed E-state index contributed by atoms with van der Waals surface area (Å²) in [7, 11) is 3.12. The van der Waals surface area contributed by atoms with Gasteiger partial charge in [-0.3, -0.25) is 0 Å². The van der Waals surface area contributed by atoms with Crippen molar-refractivity contribution in [3.05, 3.63) is 22.3 Å². The van der Waals surface area contributed by atoms with Crippen molar-refractivity contribution in [1.82, 2.24) is 10.3 Å². The summed E-state index contributed by atoms with van der Waals surface area (Å²) in [6, 6.07) is 2.00. The van der Waals surface area contributed by atoms with Gasteiger partial charge in [-0.2, -0.15) is 0 Å². The molecule has 8 heteroatoms. The highest BCUT2D eigenvalue weighted by atomic mass is 79.9. The molecule has 1 saturated heterocycles. The van der Waals surface area contributed by atoms with E-state index in [1.807, 2.05) is 4.90 Å². The molecule has 2 fully saturated rings. The number of ether oxygens (including phenoxy) is 2. The summed E-state index contributed by atoms with van der Waals surface area (Å²) < 4.78 is 11.2. The third kappa shape index (κ3) is 4.80. The average molecular weight is 442 g/mol. The number of pyridine rings is 1. The number of nitrogens with zero attached hydrogens (tertiary/aromatic N) is 2. The number of nitrogens with one attached hydrogen (secondary N) is 1. The number of hydrogen-bond acceptors (Lipinski definition) is 7. The van der Waals surface area contributed by atoms with E-state index in [2.05, 4.69) is 26.2 Å². The molecule has 0 aromatic carbocycles. The maximum atomic E-state index is 12.1. The van der Waals surface area contributed by atoms with Crippen molar-refractivity contribution in [3.8, 4) is 0 Å². The van der Waals surface area contributed by atoms with E-state index in [9.17, 15) is 9.90 Å². The first kappa shape index (κ1) is 20.5. The van der Waals surface area contributed by atoms with Gasteiger partial charge >= 0.3 is 5.97 Å². The molecular formula is C19H28BrN3O4. The standard InChI is InChI=1S/C19H28BrN3O4/c1-26-17-6-4-3-5-15(17)22-14-7-8-23(11-16(14)24)18-13(19(25)27-2)9-12(20)10-21-18/h9-10,14-17,22,24H,3-8,11H2,1-2H3. The van der Waals surface area contributed by atoms with E-state index in [1.54, 1.807) is 19.4 Å². The quantitative estimate of drug-likeness (QED) is 0.676. The molecule has 1 aliphatic carbocycles. The van der Waals surface area contributed by atoms with Crippen LogP contribution in [-0.4, -0.2) is 67.7 Å². The number of anilines is 1. The lowest BCUT2D eigenvalue weighted by molar-refractivity contribution is 0.0229. The molecule has 1 aromatic heterocycles. The van der Waals surface area contributed by atoms with Crippen molar-refractivity contribution in [2.45, 2.75) is 56.4 Å². The fourth-order valence-electron chi connectivity index (χ4n) is 4.11. The molecule has 0 spiro atoms. The van der Waals surface area contributed by atoms with E-state index in [4.69, 9.17) is 9.47 Å². The van der Waals surface area contributed by atoms with Crippen LogP contribution in [0.3, 0.4) is 0 Å². The van der Waals surface area contributed by atoms with Crippen LogP contribution in [-0.2, 0) is 9.47 Å². The number of carbonyl (C=O) groups is 1. The summed E-state index contributed by atoms with van der Waals surface area (Å²) >= 11 is 3.35. The molecule has 3 rings (SSSR count). The monoisotopic (exact) mass is 441 g/mol. The summed E-state index contributed by atoms with van der Waals surface area (Å²) in [5, 5.41) is 14.4. The largest absolute Gasteiger partial charge is 0.465 e. The van der Waals surface area contributed by atoms with Gasteiger partial charge in [0.05, 0.1) is 19.3 Å². The summed E-state index contributed by atoms with van der Waals surface area (Å²) in [5.41, 5.74) is 0.400. The lowest BCUT2D eigenvalue weighted by Gasteiger charge is -2.41. The number of β-amino-alcohol motifs (C(OH)–C–C–N with tert-alkyl or cyclic N) is 1. The maximum Gasteiger partial charge on any atom is 0.341 e. The molecule has 27 heavy (non-hydrogen) atoms. The van der Waals surface area contributed by atoms with Crippen molar-refractivity contribution in [2.75, 3.05) is 32.2 Å². The zero-order valence-electron chi connectivity index (χ0n) is 15.9. The molecule has 1 aromatic rings. The van der Waals surface area contributed by atoms with Gasteiger partial charge in [-0.05, 0) is 41.3 Å². The molecule has 2 aliphatic rings. The smallest absolute Gasteiger partial charge is 0.341 e. The van der Waals surface area contributed by atoms with Gasteiger partial charge in [0.2, 0.25) is 0 Å². The second-order valence-electron chi connectivity index (χ2n) is 7.26. The number of aromatic nitrogens is 1. The number of methoxy groups -OCH3 is 2. The normalized spacial score (nSPS) is 28.8. The Balaban J connectivity index is 1.67. The van der Waals surface area contributed by atoms with Gasteiger partial charge in [-0.1, -0.05) is 12.8 Å². The second kappa shape index (κ2) is 9.32. The predicted octanol–water partition coefficient (Wildman–Crippen LogP) is 2.12. The number of aliphatic hydroxyl groups is 1. The molecule has 0 amide bonds. The number of halogens is 1. The SMILES string of the molecule is COC(=O)c1cc(Br)cnc1N1CCC(NC2CCCCC2OC)C(O)C1. The fraction of sp³-hybridized carbons (Fsp3) is 0.684. The fourth-order valence-corrected chi connectivity index (χ4v) is 4.44. The Morgan fingerprint density at radius 1 is 1.30 bits per heavy atom. The number of carbonyl (C=O) groups excluding carboxylic acids is 1. The molecule has 2 N–H and O–H groups in total. The molecule has 0 bridgehead atoms. The zero-order valence-corrected chi connectivity index (χ0v) is 17.4. The van der Waals surface area contributed by atoms with E-state index < -0.39 is 12.1 Å². The highest BCUT2D eigenvalue weighted by Crippen LogP contribution is 2.27. The lowest BCUT2D eigenvalue weighted by atomic mass is 9.90. The first-order chi connectivity index (χ1) is 13.0. The van der Waals surface area contributed by atoms with Gasteiger partial charge in [0, 0.05) is 43.0 Å². The molecule has 1 aliphatic heterocycles. The third-order valence-electron chi connectivity index (χ3n) is 5.55. The molecule has 150 valence electrons. The van der Waals surface area contributed by atoms with Crippen LogP contribution in [0, 0.1) is 0 Å². The Kier molecular flexibility index (Phi) is 7.08. The maximum absolute atomic E-state index is 12.1. The van der Waals surface area contributed by atoms with E-state index in [0.29, 0.717) is 28.9 Å². The van der Waals surface area contributed by atoms with Crippen LogP contribution in [0.25, 0.3) is 0 Å². The minimum Gasteiger partial charge on any atom is -0.465 e. The molecule has 4 unspecified atom stereocenters. The highest BCUT2D eigenvalue weighted by Gasteiger charge is 2.34. The minimum atomic E-state index is -0.547. The Labute approximate surface area is 168 Å². The molecule has 2 heterocycles. The lowest BCUT2D eigenvalue weighted by Crippen LogP contribution is -2.58. The first-order valence-electron chi connectivity index (χ1n) is 9.49. The van der Waals surface area contributed by atoms with Gasteiger partial charge in [0.25, 0.3) is 0 Å². The van der Waals surface area contributed by atoms with Gasteiger partial charge < -0.3 is 24.8 Å². The van der Waals surface area contributed by atoms with Crippen LogP contribution >= 0.6 is 15.9 Å². The first-order valence-corrected chi connectivity index (χ1v) is 10.3. The summed E-state index contributed by atoms with van der Waals surface area (Å²) in [6.07, 6.45) is 6.62. The van der Waals surface area contributed by atoms with E-state index in [1.165, 1.54) is 20.0 Å². The van der Waals surface area contributed by atoms with Crippen LogP contribution in [0.1, 0.15) is 42.5 Å². The summed E-state index contributed by atoms with van der Waals surface area (Å²) in [5.74, 6) is 0.119. The van der Waals surface area contributed by atoms with Crippen LogP contribution in [0.15, 0.2) is 16.7 Å². The zero-order chi connectivity index (χ0) is 19.4.